The number of carbonyl (C=O) groups excluding carboxylic acids is 1. The van der Waals surface area contributed by atoms with Gasteiger partial charge in [0.25, 0.3) is 0 Å². The Balaban J connectivity index is 1.46. The van der Waals surface area contributed by atoms with Gasteiger partial charge < -0.3 is 9.47 Å². The zero-order valence-electron chi connectivity index (χ0n) is 15.8. The van der Waals surface area contributed by atoms with E-state index in [1.165, 1.54) is 77.0 Å². The zero-order chi connectivity index (χ0) is 17.1. The Morgan fingerprint density at radius 3 is 2.08 bits per heavy atom. The highest BCUT2D eigenvalue weighted by Crippen LogP contribution is 2.38. The molecule has 1 aliphatic carbocycles. The van der Waals surface area contributed by atoms with E-state index in [2.05, 4.69) is 6.92 Å². The lowest BCUT2D eigenvalue weighted by atomic mass is 9.94. The van der Waals surface area contributed by atoms with E-state index >= 15 is 0 Å². The molecular weight excluding hydrogens is 300 g/mol. The van der Waals surface area contributed by atoms with Crippen LogP contribution in [0.1, 0.15) is 110 Å². The first-order valence-corrected chi connectivity index (χ1v) is 10.6. The lowest BCUT2D eigenvalue weighted by Crippen LogP contribution is -2.34. The van der Waals surface area contributed by atoms with Crippen molar-refractivity contribution in [2.45, 2.75) is 122 Å². The fourth-order valence-electron chi connectivity index (χ4n) is 4.01. The number of unbranched alkanes of at least 4 members (excludes halogenated alkanes) is 9. The smallest absolute Gasteiger partial charge is 0.169 e. The molecule has 140 valence electrons. The Morgan fingerprint density at radius 2 is 1.46 bits per heavy atom. The average Bonchev–Trinajstić information content (AvgIpc) is 3.00. The number of Topliss-reactive ketones (excluding diaryl/α,β-unsaturated/α-hetero) is 1. The van der Waals surface area contributed by atoms with Gasteiger partial charge in [-0.3, -0.25) is 4.79 Å². The molecule has 0 radical (unpaired) electrons. The first-order chi connectivity index (χ1) is 11.8. The Morgan fingerprint density at radius 1 is 0.875 bits per heavy atom. The molecule has 0 aromatic rings. The highest BCUT2D eigenvalue weighted by Gasteiger charge is 2.44. The van der Waals surface area contributed by atoms with Crippen LogP contribution in [-0.4, -0.2) is 24.3 Å². The van der Waals surface area contributed by atoms with Crippen molar-refractivity contribution < 1.29 is 14.3 Å². The number of carbonyl (C=O) groups is 1. The molecule has 1 aliphatic heterocycles. The molecular formula is C21H38O3. The third kappa shape index (κ3) is 6.84. The number of rotatable bonds is 12. The Bertz CT molecular complexity index is 347. The molecule has 1 atom stereocenters. The molecule has 0 aromatic carbocycles. The maximum Gasteiger partial charge on any atom is 0.169 e. The van der Waals surface area contributed by atoms with Crippen molar-refractivity contribution in [1.29, 1.82) is 0 Å². The van der Waals surface area contributed by atoms with E-state index in [0.29, 0.717) is 13.0 Å². The van der Waals surface area contributed by atoms with Crippen LogP contribution in [0.15, 0.2) is 0 Å². The van der Waals surface area contributed by atoms with Crippen LogP contribution in [0.25, 0.3) is 0 Å². The monoisotopic (exact) mass is 338 g/mol. The van der Waals surface area contributed by atoms with Crippen molar-refractivity contribution in [1.82, 2.24) is 0 Å². The molecule has 1 saturated carbocycles. The molecule has 3 heteroatoms. The van der Waals surface area contributed by atoms with Crippen molar-refractivity contribution in [3.63, 3.8) is 0 Å². The van der Waals surface area contributed by atoms with Gasteiger partial charge in [0, 0.05) is 19.3 Å². The van der Waals surface area contributed by atoms with Gasteiger partial charge in [-0.05, 0) is 19.3 Å². The van der Waals surface area contributed by atoms with Crippen molar-refractivity contribution >= 4 is 5.78 Å². The summed E-state index contributed by atoms with van der Waals surface area (Å²) in [6.45, 7) is 2.75. The molecule has 0 amide bonds. The third-order valence-corrected chi connectivity index (χ3v) is 5.61. The largest absolute Gasteiger partial charge is 0.347 e. The standard InChI is InChI=1S/C21H38O3/c1-2-3-4-5-6-7-8-9-10-12-15-19(22)20-18-23-21(24-20)16-13-11-14-17-21/h20H,2-18H2,1H3/t20-/m1/s1. The summed E-state index contributed by atoms with van der Waals surface area (Å²) in [6.07, 6.45) is 19.0. The lowest BCUT2D eigenvalue weighted by molar-refractivity contribution is -0.188. The van der Waals surface area contributed by atoms with E-state index in [1.54, 1.807) is 0 Å². The van der Waals surface area contributed by atoms with Gasteiger partial charge in [0.1, 0.15) is 6.10 Å². The highest BCUT2D eigenvalue weighted by atomic mass is 16.7. The lowest BCUT2D eigenvalue weighted by Gasteiger charge is -2.31. The second-order valence-electron chi connectivity index (χ2n) is 7.79. The van der Waals surface area contributed by atoms with Gasteiger partial charge in [0.05, 0.1) is 6.61 Å². The van der Waals surface area contributed by atoms with Crippen molar-refractivity contribution in [2.24, 2.45) is 0 Å². The molecule has 1 spiro atoms. The summed E-state index contributed by atoms with van der Waals surface area (Å²) in [4.78, 5) is 12.3. The second-order valence-corrected chi connectivity index (χ2v) is 7.79. The van der Waals surface area contributed by atoms with Gasteiger partial charge in [0.15, 0.2) is 11.6 Å². The Kier molecular flexibility index (Phi) is 9.33. The van der Waals surface area contributed by atoms with Crippen LogP contribution in [0.4, 0.5) is 0 Å². The van der Waals surface area contributed by atoms with Crippen LogP contribution in [0.5, 0.6) is 0 Å². The number of ketones is 1. The Labute approximate surface area is 148 Å². The van der Waals surface area contributed by atoms with Crippen molar-refractivity contribution in [2.75, 3.05) is 6.61 Å². The van der Waals surface area contributed by atoms with E-state index in [9.17, 15) is 4.79 Å². The van der Waals surface area contributed by atoms with E-state index in [4.69, 9.17) is 9.47 Å². The van der Waals surface area contributed by atoms with Crippen LogP contribution in [0, 0.1) is 0 Å². The minimum absolute atomic E-state index is 0.261. The van der Waals surface area contributed by atoms with Crippen LogP contribution in [0.3, 0.4) is 0 Å². The van der Waals surface area contributed by atoms with E-state index in [0.717, 1.165) is 19.3 Å². The quantitative estimate of drug-likeness (QED) is 0.413. The predicted molar refractivity (Wildman–Crippen MR) is 98.1 cm³/mol. The minimum Gasteiger partial charge on any atom is -0.347 e. The van der Waals surface area contributed by atoms with Crippen LogP contribution >= 0.6 is 0 Å². The third-order valence-electron chi connectivity index (χ3n) is 5.61. The zero-order valence-corrected chi connectivity index (χ0v) is 15.8. The van der Waals surface area contributed by atoms with Crippen molar-refractivity contribution in [3.05, 3.63) is 0 Å². The molecule has 0 aromatic heterocycles. The van der Waals surface area contributed by atoms with Gasteiger partial charge >= 0.3 is 0 Å². The predicted octanol–water partition coefficient (Wildman–Crippen LogP) is 5.94. The fourth-order valence-corrected chi connectivity index (χ4v) is 4.01. The Hall–Kier alpha value is -0.410. The maximum atomic E-state index is 12.3. The summed E-state index contributed by atoms with van der Waals surface area (Å²) < 4.78 is 11.9. The van der Waals surface area contributed by atoms with Gasteiger partial charge in [-0.15, -0.1) is 0 Å². The number of hydrogen-bond donors (Lipinski definition) is 0. The SMILES string of the molecule is CCCCCCCCCCCCC(=O)[C@H]1COC2(CCCCC2)O1. The molecule has 2 aliphatic rings. The first kappa shape index (κ1) is 19.9. The summed E-state index contributed by atoms with van der Waals surface area (Å²) in [5.41, 5.74) is 0. The van der Waals surface area contributed by atoms with E-state index < -0.39 is 5.79 Å². The molecule has 24 heavy (non-hydrogen) atoms. The number of ether oxygens (including phenoxy) is 2. The average molecular weight is 339 g/mol. The van der Waals surface area contributed by atoms with E-state index in [-0.39, 0.29) is 11.9 Å². The topological polar surface area (TPSA) is 35.5 Å². The van der Waals surface area contributed by atoms with Gasteiger partial charge in [-0.2, -0.15) is 0 Å². The normalized spacial score (nSPS) is 23.0. The summed E-state index contributed by atoms with van der Waals surface area (Å²) >= 11 is 0. The molecule has 2 rings (SSSR count). The summed E-state index contributed by atoms with van der Waals surface area (Å²) in [6, 6.07) is 0. The van der Waals surface area contributed by atoms with Crippen LogP contribution in [-0.2, 0) is 14.3 Å². The highest BCUT2D eigenvalue weighted by molar-refractivity contribution is 5.83. The molecule has 0 N–H and O–H groups in total. The summed E-state index contributed by atoms with van der Waals surface area (Å²) in [5, 5.41) is 0. The number of hydrogen-bond acceptors (Lipinski definition) is 3. The molecule has 2 fully saturated rings. The van der Waals surface area contributed by atoms with Gasteiger partial charge in [-0.1, -0.05) is 71.1 Å². The fraction of sp³-hybridized carbons (Fsp3) is 0.952. The summed E-state index contributed by atoms with van der Waals surface area (Å²) in [5.74, 6) is -0.145. The van der Waals surface area contributed by atoms with Gasteiger partial charge in [0.2, 0.25) is 0 Å². The first-order valence-electron chi connectivity index (χ1n) is 10.6. The van der Waals surface area contributed by atoms with Gasteiger partial charge in [-0.25, -0.2) is 0 Å². The summed E-state index contributed by atoms with van der Waals surface area (Å²) in [7, 11) is 0. The molecule has 1 heterocycles. The van der Waals surface area contributed by atoms with Crippen molar-refractivity contribution in [3.8, 4) is 0 Å². The van der Waals surface area contributed by atoms with Crippen LogP contribution in [0.2, 0.25) is 0 Å². The molecule has 1 saturated heterocycles. The molecule has 3 nitrogen and oxygen atoms in total. The second kappa shape index (κ2) is 11.3. The van der Waals surface area contributed by atoms with E-state index in [1.807, 2.05) is 0 Å². The maximum absolute atomic E-state index is 12.3. The minimum atomic E-state index is -0.406. The molecule has 0 unspecified atom stereocenters. The molecule has 0 bridgehead atoms. The van der Waals surface area contributed by atoms with Crippen LogP contribution < -0.4 is 0 Å².